The summed E-state index contributed by atoms with van der Waals surface area (Å²) in [7, 11) is 1.94. The average Bonchev–Trinajstić information content (AvgIpc) is 3.10. The molecule has 20 heavy (non-hydrogen) atoms. The Morgan fingerprint density at radius 1 is 1.20 bits per heavy atom. The average molecular weight is 277 g/mol. The summed E-state index contributed by atoms with van der Waals surface area (Å²) in [6, 6.07) is 0. The molecule has 1 unspecified atom stereocenters. The second kappa shape index (κ2) is 5.86. The molecule has 0 radical (unpaired) electrons. The lowest BCUT2D eigenvalue weighted by Gasteiger charge is -2.46. The molecule has 0 bridgehead atoms. The number of aliphatic hydroxyl groups is 1. The highest BCUT2D eigenvalue weighted by Crippen LogP contribution is 2.40. The van der Waals surface area contributed by atoms with Crippen molar-refractivity contribution in [3.05, 3.63) is 18.0 Å². The SMILES string of the molecule is Cn1cc(CC(O)C2(N3CCCCC3)CCCC2)cn1. The molecule has 4 nitrogen and oxygen atoms in total. The molecule has 1 N–H and O–H groups in total. The number of aryl methyl sites for hydroxylation is 1. The van der Waals surface area contributed by atoms with Crippen molar-refractivity contribution in [2.45, 2.75) is 63.0 Å². The molecule has 1 aromatic rings. The van der Waals surface area contributed by atoms with E-state index in [1.54, 1.807) is 0 Å². The Hall–Kier alpha value is -0.870. The molecule has 4 heteroatoms. The Morgan fingerprint density at radius 2 is 1.90 bits per heavy atom. The Labute approximate surface area is 121 Å². The molecule has 2 aliphatic rings. The Kier molecular flexibility index (Phi) is 4.13. The highest BCUT2D eigenvalue weighted by atomic mass is 16.3. The normalized spacial score (nSPS) is 24.9. The summed E-state index contributed by atoms with van der Waals surface area (Å²) in [6.07, 6.45) is 13.2. The molecule has 2 fully saturated rings. The third-order valence-electron chi connectivity index (χ3n) is 5.26. The van der Waals surface area contributed by atoms with Crippen molar-refractivity contribution < 1.29 is 5.11 Å². The van der Waals surface area contributed by atoms with E-state index in [1.807, 2.05) is 24.1 Å². The summed E-state index contributed by atoms with van der Waals surface area (Å²) in [5, 5.41) is 15.2. The zero-order chi connectivity index (χ0) is 14.0. The van der Waals surface area contributed by atoms with Gasteiger partial charge in [0.2, 0.25) is 0 Å². The van der Waals surface area contributed by atoms with Crippen LogP contribution in [0.4, 0.5) is 0 Å². The molecule has 112 valence electrons. The lowest BCUT2D eigenvalue weighted by Crippen LogP contribution is -2.57. The van der Waals surface area contributed by atoms with E-state index in [2.05, 4.69) is 10.00 Å². The second-order valence-corrected chi connectivity index (χ2v) is 6.60. The van der Waals surface area contributed by atoms with Gasteiger partial charge < -0.3 is 5.11 Å². The fourth-order valence-electron chi connectivity index (χ4n) is 4.18. The lowest BCUT2D eigenvalue weighted by atomic mass is 9.84. The highest BCUT2D eigenvalue weighted by molar-refractivity contribution is 5.10. The van der Waals surface area contributed by atoms with Crippen LogP contribution in [0.5, 0.6) is 0 Å². The van der Waals surface area contributed by atoms with E-state index >= 15 is 0 Å². The molecule has 2 heterocycles. The van der Waals surface area contributed by atoms with Gasteiger partial charge in [-0.2, -0.15) is 5.10 Å². The molecule has 1 aliphatic heterocycles. The van der Waals surface area contributed by atoms with Crippen LogP contribution in [0, 0.1) is 0 Å². The van der Waals surface area contributed by atoms with Crippen LogP contribution in [0.1, 0.15) is 50.5 Å². The van der Waals surface area contributed by atoms with Crippen LogP contribution in [-0.4, -0.2) is 44.5 Å². The quantitative estimate of drug-likeness (QED) is 0.916. The first-order chi connectivity index (χ1) is 9.71. The summed E-state index contributed by atoms with van der Waals surface area (Å²) >= 11 is 0. The van der Waals surface area contributed by atoms with E-state index < -0.39 is 0 Å². The lowest BCUT2D eigenvalue weighted by molar-refractivity contribution is -0.0380. The third-order valence-corrected chi connectivity index (χ3v) is 5.26. The number of aromatic nitrogens is 2. The van der Waals surface area contributed by atoms with Crippen LogP contribution >= 0.6 is 0 Å². The molecular formula is C16H27N3O. The van der Waals surface area contributed by atoms with Crippen molar-refractivity contribution in [1.82, 2.24) is 14.7 Å². The van der Waals surface area contributed by atoms with Crippen LogP contribution in [-0.2, 0) is 13.5 Å². The van der Waals surface area contributed by atoms with Gasteiger partial charge in [-0.1, -0.05) is 19.3 Å². The van der Waals surface area contributed by atoms with Crippen molar-refractivity contribution in [3.8, 4) is 0 Å². The van der Waals surface area contributed by atoms with Gasteiger partial charge in [0.05, 0.1) is 12.3 Å². The van der Waals surface area contributed by atoms with Crippen LogP contribution < -0.4 is 0 Å². The molecule has 3 rings (SSSR count). The van der Waals surface area contributed by atoms with Gasteiger partial charge in [0.15, 0.2) is 0 Å². The van der Waals surface area contributed by atoms with Crippen LogP contribution in [0.3, 0.4) is 0 Å². The fraction of sp³-hybridized carbons (Fsp3) is 0.812. The van der Waals surface area contributed by atoms with Crippen LogP contribution in [0.2, 0.25) is 0 Å². The van der Waals surface area contributed by atoms with Gasteiger partial charge in [-0.05, 0) is 44.3 Å². The number of rotatable bonds is 4. The van der Waals surface area contributed by atoms with Crippen LogP contribution in [0.25, 0.3) is 0 Å². The molecule has 0 aromatic carbocycles. The van der Waals surface area contributed by atoms with Gasteiger partial charge >= 0.3 is 0 Å². The first-order valence-electron chi connectivity index (χ1n) is 8.11. The first-order valence-corrected chi connectivity index (χ1v) is 8.11. The fourth-order valence-corrected chi connectivity index (χ4v) is 4.18. The van der Waals surface area contributed by atoms with Crippen molar-refractivity contribution in [2.75, 3.05) is 13.1 Å². The number of aliphatic hydroxyl groups excluding tert-OH is 1. The minimum Gasteiger partial charge on any atom is -0.391 e. The Bertz CT molecular complexity index is 431. The molecule has 0 amide bonds. The Morgan fingerprint density at radius 3 is 2.50 bits per heavy atom. The molecule has 0 spiro atoms. The van der Waals surface area contributed by atoms with Gasteiger partial charge in [0, 0.05) is 25.2 Å². The highest BCUT2D eigenvalue weighted by Gasteiger charge is 2.45. The van der Waals surface area contributed by atoms with Crippen molar-refractivity contribution in [1.29, 1.82) is 0 Å². The summed E-state index contributed by atoms with van der Waals surface area (Å²) < 4.78 is 1.82. The number of hydrogen-bond acceptors (Lipinski definition) is 3. The van der Waals surface area contributed by atoms with Crippen molar-refractivity contribution >= 4 is 0 Å². The van der Waals surface area contributed by atoms with Crippen LogP contribution in [0.15, 0.2) is 12.4 Å². The monoisotopic (exact) mass is 277 g/mol. The number of piperidine rings is 1. The smallest absolute Gasteiger partial charge is 0.0765 e. The van der Waals surface area contributed by atoms with E-state index in [0.717, 1.165) is 24.8 Å². The topological polar surface area (TPSA) is 41.3 Å². The van der Waals surface area contributed by atoms with E-state index in [9.17, 15) is 5.11 Å². The molecule has 1 aromatic heterocycles. The van der Waals surface area contributed by atoms with E-state index in [1.165, 1.54) is 45.2 Å². The maximum Gasteiger partial charge on any atom is 0.0765 e. The predicted octanol–water partition coefficient (Wildman–Crippen LogP) is 2.12. The summed E-state index contributed by atoms with van der Waals surface area (Å²) in [5.74, 6) is 0. The minimum absolute atomic E-state index is 0.0380. The van der Waals surface area contributed by atoms with Gasteiger partial charge in [-0.15, -0.1) is 0 Å². The zero-order valence-corrected chi connectivity index (χ0v) is 12.6. The molecular weight excluding hydrogens is 250 g/mol. The van der Waals surface area contributed by atoms with E-state index in [4.69, 9.17) is 0 Å². The zero-order valence-electron chi connectivity index (χ0n) is 12.6. The van der Waals surface area contributed by atoms with Gasteiger partial charge in [-0.25, -0.2) is 0 Å². The number of hydrogen-bond donors (Lipinski definition) is 1. The Balaban J connectivity index is 1.75. The molecule has 1 saturated carbocycles. The summed E-state index contributed by atoms with van der Waals surface area (Å²) in [5.41, 5.74) is 1.19. The maximum atomic E-state index is 10.9. The summed E-state index contributed by atoms with van der Waals surface area (Å²) in [4.78, 5) is 2.60. The number of likely N-dealkylation sites (tertiary alicyclic amines) is 1. The minimum atomic E-state index is -0.257. The largest absolute Gasteiger partial charge is 0.391 e. The predicted molar refractivity (Wildman–Crippen MR) is 79.5 cm³/mol. The maximum absolute atomic E-state index is 10.9. The van der Waals surface area contributed by atoms with Gasteiger partial charge in [0.25, 0.3) is 0 Å². The van der Waals surface area contributed by atoms with Gasteiger partial charge in [-0.3, -0.25) is 9.58 Å². The molecule has 1 atom stereocenters. The standard InChI is InChI=1S/C16H27N3O/c1-18-13-14(12-17-18)11-15(20)16(7-3-4-8-16)19-9-5-2-6-10-19/h12-13,15,20H,2-11H2,1H3. The second-order valence-electron chi connectivity index (χ2n) is 6.60. The van der Waals surface area contributed by atoms with Crippen molar-refractivity contribution in [2.24, 2.45) is 7.05 Å². The van der Waals surface area contributed by atoms with Gasteiger partial charge in [0.1, 0.15) is 0 Å². The van der Waals surface area contributed by atoms with E-state index in [0.29, 0.717) is 0 Å². The first kappa shape index (κ1) is 14.1. The summed E-state index contributed by atoms with van der Waals surface area (Å²) in [6.45, 7) is 2.34. The molecule has 1 aliphatic carbocycles. The third kappa shape index (κ3) is 2.63. The van der Waals surface area contributed by atoms with Crippen molar-refractivity contribution in [3.63, 3.8) is 0 Å². The van der Waals surface area contributed by atoms with E-state index in [-0.39, 0.29) is 11.6 Å². The number of nitrogens with zero attached hydrogens (tertiary/aromatic N) is 3. The molecule has 1 saturated heterocycles.